The van der Waals surface area contributed by atoms with E-state index in [-0.39, 0.29) is 12.1 Å². The highest BCUT2D eigenvalue weighted by molar-refractivity contribution is 5.89. The zero-order valence-corrected chi connectivity index (χ0v) is 12.6. The summed E-state index contributed by atoms with van der Waals surface area (Å²) in [6, 6.07) is 1.65. The number of nitrogens with one attached hydrogen (secondary N) is 1. The monoisotopic (exact) mass is 300 g/mol. The van der Waals surface area contributed by atoms with E-state index in [1.54, 1.807) is 24.7 Å². The number of anilines is 1. The van der Waals surface area contributed by atoms with E-state index in [0.717, 1.165) is 38.2 Å². The van der Waals surface area contributed by atoms with Gasteiger partial charge in [0.2, 0.25) is 0 Å². The Balaban J connectivity index is 1.79. The Kier molecular flexibility index (Phi) is 4.32. The Morgan fingerprint density at radius 1 is 1.36 bits per heavy atom. The van der Waals surface area contributed by atoms with Crippen molar-refractivity contribution < 1.29 is 4.79 Å². The number of likely N-dealkylation sites (tertiary alicyclic amines) is 1. The van der Waals surface area contributed by atoms with Gasteiger partial charge in [-0.3, -0.25) is 0 Å². The third-order valence-corrected chi connectivity index (χ3v) is 3.99. The highest BCUT2D eigenvalue weighted by atomic mass is 16.2. The SMILES string of the molecule is CCn1ccnc1C1CCCCN1C(=O)Nc1ccnnc1. The number of urea groups is 1. The molecule has 0 spiro atoms. The Labute approximate surface area is 129 Å². The van der Waals surface area contributed by atoms with Gasteiger partial charge in [0.05, 0.1) is 24.1 Å². The molecule has 1 fully saturated rings. The smallest absolute Gasteiger partial charge is 0.322 e. The molecule has 1 aliphatic heterocycles. The number of carbonyl (C=O) groups excluding carboxylic acids is 1. The van der Waals surface area contributed by atoms with Crippen molar-refractivity contribution in [3.05, 3.63) is 36.7 Å². The van der Waals surface area contributed by atoms with Crippen LogP contribution in [0.15, 0.2) is 30.9 Å². The first-order valence-electron chi connectivity index (χ1n) is 7.65. The Hall–Kier alpha value is -2.44. The average molecular weight is 300 g/mol. The number of hydrogen-bond acceptors (Lipinski definition) is 4. The molecule has 3 rings (SSSR count). The van der Waals surface area contributed by atoms with E-state index >= 15 is 0 Å². The van der Waals surface area contributed by atoms with Crippen LogP contribution in [-0.2, 0) is 6.54 Å². The third kappa shape index (κ3) is 2.93. The summed E-state index contributed by atoms with van der Waals surface area (Å²) in [7, 11) is 0. The lowest BCUT2D eigenvalue weighted by atomic mass is 10.0. The van der Waals surface area contributed by atoms with E-state index in [2.05, 4.69) is 32.0 Å². The van der Waals surface area contributed by atoms with E-state index in [1.165, 1.54) is 0 Å². The van der Waals surface area contributed by atoms with Crippen LogP contribution in [0, 0.1) is 0 Å². The number of amides is 2. The standard InChI is InChI=1S/C15H20N6O/c1-2-20-10-8-16-14(20)13-5-3-4-9-21(13)15(22)19-12-6-7-17-18-11-12/h6-8,10-11,13H,2-5,9H2,1H3,(H,17,19,22). The molecular formula is C15H20N6O. The highest BCUT2D eigenvalue weighted by Gasteiger charge is 2.30. The number of hydrogen-bond donors (Lipinski definition) is 1. The second-order valence-electron chi connectivity index (χ2n) is 5.34. The summed E-state index contributed by atoms with van der Waals surface area (Å²) < 4.78 is 2.10. The quantitative estimate of drug-likeness (QED) is 0.944. The Bertz CT molecular complexity index is 626. The van der Waals surface area contributed by atoms with Crippen LogP contribution in [0.4, 0.5) is 10.5 Å². The molecule has 0 radical (unpaired) electrons. The van der Waals surface area contributed by atoms with Crippen LogP contribution in [0.3, 0.4) is 0 Å². The molecule has 7 nitrogen and oxygen atoms in total. The second kappa shape index (κ2) is 6.55. The zero-order chi connectivity index (χ0) is 15.4. The van der Waals surface area contributed by atoms with Crippen molar-refractivity contribution in [3.63, 3.8) is 0 Å². The highest BCUT2D eigenvalue weighted by Crippen LogP contribution is 2.30. The van der Waals surface area contributed by atoms with Gasteiger partial charge in [-0.05, 0) is 32.3 Å². The van der Waals surface area contributed by atoms with Gasteiger partial charge in [-0.15, -0.1) is 0 Å². The predicted molar refractivity (Wildman–Crippen MR) is 82.2 cm³/mol. The predicted octanol–water partition coefficient (Wildman–Crippen LogP) is 2.45. The van der Waals surface area contributed by atoms with E-state index in [1.807, 2.05) is 11.1 Å². The normalized spacial score (nSPS) is 18.2. The lowest BCUT2D eigenvalue weighted by molar-refractivity contribution is 0.157. The molecule has 22 heavy (non-hydrogen) atoms. The molecule has 2 aromatic rings. The number of imidazole rings is 1. The molecule has 0 bridgehead atoms. The van der Waals surface area contributed by atoms with Crippen LogP contribution in [0.2, 0.25) is 0 Å². The summed E-state index contributed by atoms with van der Waals surface area (Å²) in [5, 5.41) is 10.4. The van der Waals surface area contributed by atoms with Gasteiger partial charge < -0.3 is 14.8 Å². The Morgan fingerprint density at radius 2 is 2.27 bits per heavy atom. The lowest BCUT2D eigenvalue weighted by Gasteiger charge is -2.35. The van der Waals surface area contributed by atoms with Gasteiger partial charge in [-0.2, -0.15) is 10.2 Å². The molecule has 3 heterocycles. The third-order valence-electron chi connectivity index (χ3n) is 3.99. The van der Waals surface area contributed by atoms with Gasteiger partial charge >= 0.3 is 6.03 Å². The van der Waals surface area contributed by atoms with Crippen LogP contribution >= 0.6 is 0 Å². The van der Waals surface area contributed by atoms with Crippen molar-refractivity contribution in [1.29, 1.82) is 0 Å². The molecule has 1 N–H and O–H groups in total. The van der Waals surface area contributed by atoms with Crippen LogP contribution in [0.25, 0.3) is 0 Å². The second-order valence-corrected chi connectivity index (χ2v) is 5.34. The van der Waals surface area contributed by atoms with Crippen molar-refractivity contribution in [3.8, 4) is 0 Å². The van der Waals surface area contributed by atoms with Gasteiger partial charge in [0.25, 0.3) is 0 Å². The molecule has 2 aromatic heterocycles. The van der Waals surface area contributed by atoms with Gasteiger partial charge in [-0.1, -0.05) is 0 Å². The fourth-order valence-electron chi connectivity index (χ4n) is 2.89. The maximum Gasteiger partial charge on any atom is 0.322 e. The summed E-state index contributed by atoms with van der Waals surface area (Å²) in [5.41, 5.74) is 0.656. The van der Waals surface area contributed by atoms with Gasteiger partial charge in [0.15, 0.2) is 0 Å². The summed E-state index contributed by atoms with van der Waals surface area (Å²) in [6.07, 6.45) is 9.95. The topological polar surface area (TPSA) is 75.9 Å². The van der Waals surface area contributed by atoms with Crippen molar-refractivity contribution in [1.82, 2.24) is 24.6 Å². The fraction of sp³-hybridized carbons (Fsp3) is 0.467. The molecule has 1 saturated heterocycles. The van der Waals surface area contributed by atoms with Gasteiger partial charge in [0.1, 0.15) is 5.82 Å². The van der Waals surface area contributed by atoms with Gasteiger partial charge in [0, 0.05) is 25.5 Å². The van der Waals surface area contributed by atoms with E-state index in [4.69, 9.17) is 0 Å². The number of rotatable bonds is 3. The van der Waals surface area contributed by atoms with Crippen LogP contribution in [0.5, 0.6) is 0 Å². The largest absolute Gasteiger partial charge is 0.333 e. The zero-order valence-electron chi connectivity index (χ0n) is 12.6. The first-order valence-corrected chi connectivity index (χ1v) is 7.65. The number of nitrogens with zero attached hydrogens (tertiary/aromatic N) is 5. The van der Waals surface area contributed by atoms with Gasteiger partial charge in [-0.25, -0.2) is 9.78 Å². The molecule has 0 aromatic carbocycles. The first kappa shape index (κ1) is 14.5. The molecule has 2 amide bonds. The van der Waals surface area contributed by atoms with Crippen molar-refractivity contribution in [2.24, 2.45) is 0 Å². The van der Waals surface area contributed by atoms with E-state index in [9.17, 15) is 4.79 Å². The van der Waals surface area contributed by atoms with Crippen LogP contribution in [0.1, 0.15) is 38.1 Å². The summed E-state index contributed by atoms with van der Waals surface area (Å²) >= 11 is 0. The summed E-state index contributed by atoms with van der Waals surface area (Å²) in [4.78, 5) is 18.9. The molecular weight excluding hydrogens is 280 g/mol. The lowest BCUT2D eigenvalue weighted by Crippen LogP contribution is -2.42. The summed E-state index contributed by atoms with van der Waals surface area (Å²) in [5.74, 6) is 0.963. The molecule has 116 valence electrons. The molecule has 1 atom stereocenters. The fourth-order valence-corrected chi connectivity index (χ4v) is 2.89. The van der Waals surface area contributed by atoms with Crippen molar-refractivity contribution in [2.45, 2.75) is 38.8 Å². The number of piperidine rings is 1. The average Bonchev–Trinajstić information content (AvgIpc) is 3.04. The molecule has 0 aliphatic carbocycles. The number of aromatic nitrogens is 4. The minimum Gasteiger partial charge on any atom is -0.333 e. The maximum absolute atomic E-state index is 12.6. The first-order chi connectivity index (χ1) is 10.8. The van der Waals surface area contributed by atoms with Crippen LogP contribution in [-0.4, -0.2) is 37.2 Å². The number of aryl methyl sites for hydroxylation is 1. The molecule has 7 heteroatoms. The summed E-state index contributed by atoms with van der Waals surface area (Å²) in [6.45, 7) is 3.68. The van der Waals surface area contributed by atoms with E-state index < -0.39 is 0 Å². The minimum absolute atomic E-state index is 0.0264. The molecule has 0 saturated carbocycles. The van der Waals surface area contributed by atoms with Crippen LogP contribution < -0.4 is 5.32 Å². The number of carbonyl (C=O) groups is 1. The molecule has 1 unspecified atom stereocenters. The minimum atomic E-state index is -0.108. The Morgan fingerprint density at radius 3 is 3.05 bits per heavy atom. The van der Waals surface area contributed by atoms with Crippen molar-refractivity contribution >= 4 is 11.7 Å². The van der Waals surface area contributed by atoms with E-state index in [0.29, 0.717) is 5.69 Å². The van der Waals surface area contributed by atoms with Crippen molar-refractivity contribution in [2.75, 3.05) is 11.9 Å². The molecule has 1 aliphatic rings. The maximum atomic E-state index is 12.6.